The fourth-order valence-electron chi connectivity index (χ4n) is 3.42. The lowest BCUT2D eigenvalue weighted by Gasteiger charge is -2.43. The van der Waals surface area contributed by atoms with Crippen LogP contribution in [0, 0.1) is 9.64 Å². The first kappa shape index (κ1) is 18.3. The monoisotopic (exact) mass is 417 g/mol. The molecule has 0 bridgehead atoms. The summed E-state index contributed by atoms with van der Waals surface area (Å²) in [5.74, 6) is 0.160. The molecule has 2 aromatic carbocycles. The van der Waals surface area contributed by atoms with E-state index < -0.39 is 5.54 Å². The number of anilines is 1. The van der Waals surface area contributed by atoms with Crippen molar-refractivity contribution in [2.45, 2.75) is 19.4 Å². The smallest absolute Gasteiger partial charge is 0.259 e. The van der Waals surface area contributed by atoms with E-state index >= 15 is 0 Å². The molecule has 3 aromatic rings. The Morgan fingerprint density at radius 1 is 1.15 bits per heavy atom. The minimum Gasteiger partial charge on any atom is -0.497 e. The normalized spacial score (nSPS) is 14.4. The molecule has 138 valence electrons. The molecular formula is C20H16FNO2S3. The molecule has 4 rings (SSSR count). The summed E-state index contributed by atoms with van der Waals surface area (Å²) in [5.41, 5.74) is 2.53. The van der Waals surface area contributed by atoms with Crippen LogP contribution < -0.4 is 9.64 Å². The van der Waals surface area contributed by atoms with Crippen LogP contribution in [-0.2, 0) is 5.54 Å². The predicted molar refractivity (Wildman–Crippen MR) is 111 cm³/mol. The Bertz CT molecular complexity index is 1100. The molecule has 0 radical (unpaired) electrons. The van der Waals surface area contributed by atoms with Crippen molar-refractivity contribution in [3.63, 3.8) is 0 Å². The first-order valence-electron chi connectivity index (χ1n) is 8.26. The molecule has 1 aliphatic heterocycles. The van der Waals surface area contributed by atoms with E-state index in [-0.39, 0.29) is 11.7 Å². The Morgan fingerprint density at radius 3 is 2.52 bits per heavy atom. The van der Waals surface area contributed by atoms with Crippen molar-refractivity contribution < 1.29 is 13.9 Å². The zero-order valence-electron chi connectivity index (χ0n) is 14.9. The van der Waals surface area contributed by atoms with Crippen molar-refractivity contribution >= 4 is 44.5 Å². The molecule has 0 fully saturated rings. The number of methoxy groups -OCH3 is 1. The summed E-state index contributed by atoms with van der Waals surface area (Å²) in [4.78, 5) is 16.2. The van der Waals surface area contributed by atoms with E-state index in [0.717, 1.165) is 25.5 Å². The third-order valence-electron chi connectivity index (χ3n) is 4.75. The number of rotatable bonds is 2. The van der Waals surface area contributed by atoms with Gasteiger partial charge in [-0.15, -0.1) is 0 Å². The van der Waals surface area contributed by atoms with Crippen LogP contribution in [0.15, 0.2) is 42.5 Å². The third kappa shape index (κ3) is 2.81. The van der Waals surface area contributed by atoms with Gasteiger partial charge in [0.2, 0.25) is 0 Å². The van der Waals surface area contributed by atoms with E-state index in [1.807, 2.05) is 32.0 Å². The Balaban J connectivity index is 1.96. The van der Waals surface area contributed by atoms with Crippen LogP contribution in [0.3, 0.4) is 0 Å². The zero-order valence-corrected chi connectivity index (χ0v) is 17.4. The average Bonchev–Trinajstić information content (AvgIpc) is 3.05. The maximum atomic E-state index is 13.4. The largest absolute Gasteiger partial charge is 0.497 e. The predicted octanol–water partition coefficient (Wildman–Crippen LogP) is 6.25. The van der Waals surface area contributed by atoms with Crippen LogP contribution in [0.4, 0.5) is 10.1 Å². The van der Waals surface area contributed by atoms with Gasteiger partial charge >= 0.3 is 0 Å². The quantitative estimate of drug-likeness (QED) is 0.365. The van der Waals surface area contributed by atoms with Crippen LogP contribution in [0.1, 0.15) is 29.1 Å². The van der Waals surface area contributed by atoms with Crippen molar-refractivity contribution in [2.24, 2.45) is 0 Å². The van der Waals surface area contributed by atoms with Crippen molar-refractivity contribution in [3.05, 3.63) is 62.5 Å². The maximum Gasteiger partial charge on any atom is 0.259 e. The topological polar surface area (TPSA) is 29.5 Å². The van der Waals surface area contributed by atoms with Gasteiger partial charge in [-0.25, -0.2) is 4.39 Å². The van der Waals surface area contributed by atoms with Crippen molar-refractivity contribution in [2.75, 3.05) is 12.0 Å². The number of hydrogen-bond acceptors (Lipinski definition) is 5. The number of amides is 1. The Labute approximate surface area is 169 Å². The van der Waals surface area contributed by atoms with Gasteiger partial charge in [-0.05, 0) is 56.3 Å². The van der Waals surface area contributed by atoms with Gasteiger partial charge < -0.3 is 4.74 Å². The van der Waals surface area contributed by atoms with E-state index in [2.05, 4.69) is 0 Å². The molecule has 1 aliphatic rings. The highest BCUT2D eigenvalue weighted by molar-refractivity contribution is 7.80. The second-order valence-electron chi connectivity index (χ2n) is 6.75. The van der Waals surface area contributed by atoms with E-state index in [1.165, 1.54) is 34.6 Å². The number of ether oxygens (including phenoxy) is 1. The summed E-state index contributed by atoms with van der Waals surface area (Å²) in [6.45, 7) is 4.02. The molecule has 2 heterocycles. The molecule has 7 heteroatoms. The Kier molecular flexibility index (Phi) is 4.41. The van der Waals surface area contributed by atoms with E-state index in [0.29, 0.717) is 11.3 Å². The minimum atomic E-state index is -0.583. The molecule has 0 saturated carbocycles. The lowest BCUT2D eigenvalue weighted by atomic mass is 9.86. The number of hydrogen-bond donors (Lipinski definition) is 0. The van der Waals surface area contributed by atoms with Crippen LogP contribution in [0.5, 0.6) is 5.75 Å². The lowest BCUT2D eigenvalue weighted by molar-refractivity contribution is 0.0961. The molecule has 1 amide bonds. The van der Waals surface area contributed by atoms with Gasteiger partial charge in [0, 0.05) is 16.7 Å². The van der Waals surface area contributed by atoms with Crippen LogP contribution in [-0.4, -0.2) is 13.0 Å². The van der Waals surface area contributed by atoms with Gasteiger partial charge in [-0.1, -0.05) is 32.9 Å². The summed E-state index contributed by atoms with van der Waals surface area (Å²) in [7, 11) is 4.75. The number of benzene rings is 2. The van der Waals surface area contributed by atoms with Gasteiger partial charge in [-0.2, -0.15) is 0 Å². The number of fused-ring (bicyclic) bond motifs is 3. The Morgan fingerprint density at radius 2 is 1.85 bits per heavy atom. The highest BCUT2D eigenvalue weighted by atomic mass is 32.9. The van der Waals surface area contributed by atoms with Crippen LogP contribution in [0.25, 0.3) is 11.1 Å². The molecule has 27 heavy (non-hydrogen) atoms. The number of halogens is 1. The van der Waals surface area contributed by atoms with Gasteiger partial charge in [-0.3, -0.25) is 9.69 Å². The van der Waals surface area contributed by atoms with Crippen molar-refractivity contribution in [3.8, 4) is 16.9 Å². The second-order valence-corrected chi connectivity index (χ2v) is 9.56. The maximum absolute atomic E-state index is 13.4. The fraction of sp³-hybridized carbons (Fsp3) is 0.200. The third-order valence-corrected chi connectivity index (χ3v) is 8.08. The number of carbonyl (C=O) groups excluding carboxylic acids is 1. The first-order chi connectivity index (χ1) is 12.8. The summed E-state index contributed by atoms with van der Waals surface area (Å²) >= 11 is 5.59. The summed E-state index contributed by atoms with van der Waals surface area (Å²) < 4.78 is 19.5. The molecule has 0 aliphatic carbocycles. The van der Waals surface area contributed by atoms with Crippen LogP contribution >= 0.6 is 32.9 Å². The minimum absolute atomic E-state index is 0.179. The van der Waals surface area contributed by atoms with E-state index in [1.54, 1.807) is 22.4 Å². The van der Waals surface area contributed by atoms with Gasteiger partial charge in [0.25, 0.3) is 5.91 Å². The lowest BCUT2D eigenvalue weighted by Crippen LogP contribution is -2.47. The summed E-state index contributed by atoms with van der Waals surface area (Å²) in [6, 6.07) is 11.3. The molecular weight excluding hydrogens is 401 g/mol. The van der Waals surface area contributed by atoms with Crippen molar-refractivity contribution in [1.29, 1.82) is 0 Å². The van der Waals surface area contributed by atoms with Gasteiger partial charge in [0.15, 0.2) is 0 Å². The Hall–Kier alpha value is -2.09. The second kappa shape index (κ2) is 6.51. The first-order valence-corrected chi connectivity index (χ1v) is 10.8. The van der Waals surface area contributed by atoms with E-state index in [4.69, 9.17) is 17.0 Å². The standard InChI is InChI=1S/C20H16FNO2S3/c1-20(2)17-16(19(25)27-26-17)14-10-13(24-3)8-9-15(14)22(20)18(23)11-4-6-12(21)7-5-11/h4-10H,1-3H3. The molecule has 0 unspecified atom stereocenters. The average molecular weight is 418 g/mol. The molecule has 0 saturated heterocycles. The molecule has 3 nitrogen and oxygen atoms in total. The molecule has 1 aromatic heterocycles. The zero-order chi connectivity index (χ0) is 19.3. The number of carbonyl (C=O) groups is 1. The highest BCUT2D eigenvalue weighted by Gasteiger charge is 2.43. The van der Waals surface area contributed by atoms with Crippen LogP contribution in [0.2, 0.25) is 0 Å². The fourth-order valence-corrected chi connectivity index (χ4v) is 6.70. The molecule has 0 N–H and O–H groups in total. The van der Waals surface area contributed by atoms with Crippen molar-refractivity contribution in [1.82, 2.24) is 0 Å². The highest BCUT2D eigenvalue weighted by Crippen LogP contribution is 2.53. The summed E-state index contributed by atoms with van der Waals surface area (Å²) in [5, 5.41) is 0. The van der Waals surface area contributed by atoms with Gasteiger partial charge in [0.05, 0.1) is 23.2 Å². The van der Waals surface area contributed by atoms with Gasteiger partial charge in [0.1, 0.15) is 15.4 Å². The SMILES string of the molecule is COc1ccc2c(c1)-c1c(ssc1=S)C(C)(C)N2C(=O)c1ccc(F)cc1. The number of nitrogens with zero attached hydrogens (tertiary/aromatic N) is 1. The molecule has 0 spiro atoms. The van der Waals surface area contributed by atoms with E-state index in [9.17, 15) is 9.18 Å². The molecule has 0 atom stereocenters. The summed E-state index contributed by atoms with van der Waals surface area (Å²) in [6.07, 6.45) is 0.